The number of carbonyl (C=O) groups is 2. The number of aryl methyl sites for hydroxylation is 1. The van der Waals surface area contributed by atoms with Crippen molar-refractivity contribution in [3.63, 3.8) is 0 Å². The lowest BCUT2D eigenvalue weighted by molar-refractivity contribution is -0.156. The number of aliphatic carboxylic acids is 1. The number of amides is 1. The highest BCUT2D eigenvalue weighted by Crippen LogP contribution is 2.01. The van der Waals surface area contributed by atoms with Crippen LogP contribution in [0.4, 0.5) is 0 Å². The number of carbonyl (C=O) groups excluding carboxylic acids is 1. The molecule has 0 aliphatic heterocycles. The largest absolute Gasteiger partial charge is 0.479 e. The van der Waals surface area contributed by atoms with Gasteiger partial charge in [0.25, 0.3) is 0 Å². The number of aliphatic hydroxyl groups is 1. The molecule has 1 heterocycles. The van der Waals surface area contributed by atoms with Crippen LogP contribution in [0.5, 0.6) is 0 Å². The van der Waals surface area contributed by atoms with E-state index in [4.69, 9.17) is 5.11 Å². The summed E-state index contributed by atoms with van der Waals surface area (Å²) in [6.07, 6.45) is 5.11. The lowest BCUT2D eigenvalue weighted by atomic mass is 10.1. The van der Waals surface area contributed by atoms with Crippen molar-refractivity contribution in [3.05, 3.63) is 18.7 Å². The maximum absolute atomic E-state index is 11.4. The number of rotatable bonds is 6. The molecule has 0 spiro atoms. The highest BCUT2D eigenvalue weighted by atomic mass is 16.4. The zero-order valence-corrected chi connectivity index (χ0v) is 9.46. The second-order valence-electron chi connectivity index (χ2n) is 3.91. The van der Waals surface area contributed by atoms with E-state index in [1.165, 1.54) is 0 Å². The molecule has 0 fully saturated rings. The third-order valence-electron chi connectivity index (χ3n) is 2.25. The zero-order chi connectivity index (χ0) is 12.9. The summed E-state index contributed by atoms with van der Waals surface area (Å²) >= 11 is 0. The van der Waals surface area contributed by atoms with E-state index in [0.29, 0.717) is 6.54 Å². The maximum Gasteiger partial charge on any atom is 0.337 e. The van der Waals surface area contributed by atoms with Gasteiger partial charge in [0, 0.05) is 25.4 Å². The van der Waals surface area contributed by atoms with Gasteiger partial charge < -0.3 is 20.1 Å². The SMILES string of the molecule is CC(O)(CNC(=O)CCn1ccnc1)C(=O)O. The van der Waals surface area contributed by atoms with Gasteiger partial charge >= 0.3 is 5.97 Å². The minimum Gasteiger partial charge on any atom is -0.479 e. The zero-order valence-electron chi connectivity index (χ0n) is 9.46. The molecule has 0 radical (unpaired) electrons. The lowest BCUT2D eigenvalue weighted by Gasteiger charge is -2.18. The summed E-state index contributed by atoms with van der Waals surface area (Å²) < 4.78 is 1.73. The molecular formula is C10H15N3O4. The van der Waals surface area contributed by atoms with E-state index >= 15 is 0 Å². The molecule has 0 aromatic carbocycles. The van der Waals surface area contributed by atoms with Crippen LogP contribution in [0.25, 0.3) is 0 Å². The first kappa shape index (κ1) is 13.2. The van der Waals surface area contributed by atoms with Crippen molar-refractivity contribution in [2.24, 2.45) is 0 Å². The van der Waals surface area contributed by atoms with E-state index in [2.05, 4.69) is 10.3 Å². The molecule has 0 saturated heterocycles. The molecule has 7 nitrogen and oxygen atoms in total. The van der Waals surface area contributed by atoms with Crippen molar-refractivity contribution < 1.29 is 19.8 Å². The average Bonchev–Trinajstić information content (AvgIpc) is 2.76. The molecule has 7 heteroatoms. The molecule has 3 N–H and O–H groups in total. The number of aromatic nitrogens is 2. The first-order chi connectivity index (χ1) is 7.92. The summed E-state index contributed by atoms with van der Waals surface area (Å²) in [5, 5.41) is 20.3. The van der Waals surface area contributed by atoms with E-state index in [0.717, 1.165) is 6.92 Å². The predicted molar refractivity (Wildman–Crippen MR) is 58.1 cm³/mol. The first-order valence-corrected chi connectivity index (χ1v) is 5.10. The fourth-order valence-electron chi connectivity index (χ4n) is 1.08. The normalized spacial score (nSPS) is 14.0. The fourth-order valence-corrected chi connectivity index (χ4v) is 1.08. The number of hydrogen-bond donors (Lipinski definition) is 3. The molecule has 1 aromatic rings. The minimum atomic E-state index is -1.94. The fraction of sp³-hybridized carbons (Fsp3) is 0.500. The highest BCUT2D eigenvalue weighted by Gasteiger charge is 2.30. The van der Waals surface area contributed by atoms with Crippen LogP contribution in [0, 0.1) is 0 Å². The van der Waals surface area contributed by atoms with E-state index in [1.54, 1.807) is 23.3 Å². The summed E-state index contributed by atoms with van der Waals surface area (Å²) in [6.45, 7) is 1.28. The Morgan fingerprint density at radius 1 is 1.53 bits per heavy atom. The Balaban J connectivity index is 2.28. The Kier molecular flexibility index (Phi) is 4.22. The van der Waals surface area contributed by atoms with Gasteiger partial charge in [-0.15, -0.1) is 0 Å². The first-order valence-electron chi connectivity index (χ1n) is 5.10. The van der Waals surface area contributed by atoms with Gasteiger partial charge in [0.15, 0.2) is 5.60 Å². The van der Waals surface area contributed by atoms with Crippen molar-refractivity contribution >= 4 is 11.9 Å². The summed E-state index contributed by atoms with van der Waals surface area (Å²) in [4.78, 5) is 25.7. The van der Waals surface area contributed by atoms with Crippen LogP contribution in [0.1, 0.15) is 13.3 Å². The molecule has 0 saturated carbocycles. The van der Waals surface area contributed by atoms with Crippen molar-refractivity contribution in [1.29, 1.82) is 0 Å². The van der Waals surface area contributed by atoms with Gasteiger partial charge in [0.1, 0.15) is 0 Å². The van der Waals surface area contributed by atoms with Crippen LogP contribution in [-0.4, -0.2) is 43.8 Å². The third-order valence-corrected chi connectivity index (χ3v) is 2.25. The smallest absolute Gasteiger partial charge is 0.337 e. The average molecular weight is 241 g/mol. The second-order valence-corrected chi connectivity index (χ2v) is 3.91. The minimum absolute atomic E-state index is 0.200. The molecule has 1 amide bonds. The molecule has 94 valence electrons. The maximum atomic E-state index is 11.4. The second kappa shape index (κ2) is 5.44. The highest BCUT2D eigenvalue weighted by molar-refractivity contribution is 5.80. The van der Waals surface area contributed by atoms with Crippen LogP contribution >= 0.6 is 0 Å². The van der Waals surface area contributed by atoms with Crippen molar-refractivity contribution in [3.8, 4) is 0 Å². The number of imidazole rings is 1. The summed E-state index contributed by atoms with van der Waals surface area (Å²) in [5.74, 6) is -1.69. The molecule has 0 aliphatic rings. The quantitative estimate of drug-likeness (QED) is 0.606. The Morgan fingerprint density at radius 2 is 2.24 bits per heavy atom. The standard InChI is InChI=1S/C10H15N3O4/c1-10(17,9(15)16)6-12-8(14)2-4-13-5-3-11-7-13/h3,5,7,17H,2,4,6H2,1H3,(H,12,14)(H,15,16). The lowest BCUT2D eigenvalue weighted by Crippen LogP contribution is -2.46. The molecule has 0 aliphatic carbocycles. The molecular weight excluding hydrogens is 226 g/mol. The number of nitrogens with one attached hydrogen (secondary N) is 1. The van der Waals surface area contributed by atoms with Crippen LogP contribution in [0.3, 0.4) is 0 Å². The summed E-state index contributed by atoms with van der Waals surface area (Å²) in [7, 11) is 0. The molecule has 1 rings (SSSR count). The summed E-state index contributed by atoms with van der Waals surface area (Å²) in [6, 6.07) is 0. The van der Waals surface area contributed by atoms with Crippen LogP contribution < -0.4 is 5.32 Å². The van der Waals surface area contributed by atoms with E-state index < -0.39 is 11.6 Å². The number of carboxylic acid groups (broad SMARTS) is 1. The van der Waals surface area contributed by atoms with Gasteiger partial charge in [-0.1, -0.05) is 0 Å². The van der Waals surface area contributed by atoms with E-state index in [1.807, 2.05) is 0 Å². The molecule has 17 heavy (non-hydrogen) atoms. The van der Waals surface area contributed by atoms with E-state index in [9.17, 15) is 14.7 Å². The molecule has 0 bridgehead atoms. The van der Waals surface area contributed by atoms with Crippen molar-refractivity contribution in [1.82, 2.24) is 14.9 Å². The third kappa shape index (κ3) is 4.23. The van der Waals surface area contributed by atoms with E-state index in [-0.39, 0.29) is 18.9 Å². The number of nitrogens with zero attached hydrogens (tertiary/aromatic N) is 2. The Bertz CT molecular complexity index is 386. The predicted octanol–water partition coefficient (Wildman–Crippen LogP) is -0.775. The van der Waals surface area contributed by atoms with Crippen LogP contribution in [0.15, 0.2) is 18.7 Å². The number of carboxylic acids is 1. The molecule has 1 unspecified atom stereocenters. The van der Waals surface area contributed by atoms with Gasteiger partial charge in [-0.3, -0.25) is 4.79 Å². The summed E-state index contributed by atoms with van der Waals surface area (Å²) in [5.41, 5.74) is -1.94. The van der Waals surface area contributed by atoms with Gasteiger partial charge in [-0.2, -0.15) is 0 Å². The topological polar surface area (TPSA) is 104 Å². The van der Waals surface area contributed by atoms with Gasteiger partial charge in [-0.05, 0) is 6.92 Å². The monoisotopic (exact) mass is 241 g/mol. The Hall–Kier alpha value is -1.89. The Labute approximate surface area is 98.1 Å². The van der Waals surface area contributed by atoms with Gasteiger partial charge in [0.2, 0.25) is 5.91 Å². The Morgan fingerprint density at radius 3 is 2.76 bits per heavy atom. The van der Waals surface area contributed by atoms with Gasteiger partial charge in [0.05, 0.1) is 12.9 Å². The van der Waals surface area contributed by atoms with Crippen molar-refractivity contribution in [2.45, 2.75) is 25.5 Å². The molecule has 1 aromatic heterocycles. The molecule has 1 atom stereocenters. The van der Waals surface area contributed by atoms with Gasteiger partial charge in [-0.25, -0.2) is 9.78 Å². The van der Waals surface area contributed by atoms with Crippen molar-refractivity contribution in [2.75, 3.05) is 6.54 Å². The number of hydrogen-bond acceptors (Lipinski definition) is 4. The van der Waals surface area contributed by atoms with Crippen LogP contribution in [0.2, 0.25) is 0 Å². The van der Waals surface area contributed by atoms with Crippen LogP contribution in [-0.2, 0) is 16.1 Å².